The molecular weight excluding hydrogens is 403 g/mol. The lowest BCUT2D eigenvalue weighted by Gasteiger charge is -2.35. The van der Waals surface area contributed by atoms with Gasteiger partial charge in [0.05, 0.1) is 19.1 Å². The van der Waals surface area contributed by atoms with E-state index in [0.717, 1.165) is 16.8 Å². The van der Waals surface area contributed by atoms with Crippen molar-refractivity contribution in [1.29, 1.82) is 0 Å². The molecule has 1 fully saturated rings. The largest absolute Gasteiger partial charge is 0.380 e. The quantitative estimate of drug-likeness (QED) is 0.679. The van der Waals surface area contributed by atoms with Crippen molar-refractivity contribution in [2.45, 2.75) is 26.4 Å². The Morgan fingerprint density at radius 1 is 1.14 bits per heavy atom. The number of amides is 2. The Morgan fingerprint density at radius 2 is 1.71 bits per heavy atom. The third-order valence-electron chi connectivity index (χ3n) is 4.84. The van der Waals surface area contributed by atoms with E-state index in [0.29, 0.717) is 45.7 Å². The van der Waals surface area contributed by atoms with Crippen LogP contribution in [0.1, 0.15) is 17.5 Å². The first-order chi connectivity index (χ1) is 12.4. The van der Waals surface area contributed by atoms with E-state index in [1.165, 1.54) is 0 Å². The summed E-state index contributed by atoms with van der Waals surface area (Å²) < 4.78 is 5.17. The molecule has 1 aromatic carbocycles. The summed E-state index contributed by atoms with van der Waals surface area (Å²) in [5.41, 5.74) is 8.58. The van der Waals surface area contributed by atoms with E-state index in [-0.39, 0.29) is 42.7 Å². The lowest BCUT2D eigenvalue weighted by Crippen LogP contribution is -2.51. The van der Waals surface area contributed by atoms with Crippen molar-refractivity contribution in [1.82, 2.24) is 9.80 Å². The maximum absolute atomic E-state index is 12.4. The van der Waals surface area contributed by atoms with Crippen LogP contribution < -0.4 is 11.1 Å². The number of nitrogens with one attached hydrogen (secondary N) is 1. The molecular formula is C19H32Cl2N4O3. The van der Waals surface area contributed by atoms with Gasteiger partial charge < -0.3 is 20.7 Å². The number of rotatable bonds is 7. The van der Waals surface area contributed by atoms with Crippen LogP contribution in [0, 0.1) is 13.8 Å². The summed E-state index contributed by atoms with van der Waals surface area (Å²) in [5, 5.41) is 3.01. The van der Waals surface area contributed by atoms with Gasteiger partial charge in [0, 0.05) is 45.5 Å². The Hall–Kier alpha value is -1.38. The fourth-order valence-electron chi connectivity index (χ4n) is 3.14. The standard InChI is InChI=1S/C19H30N4O3.2ClH/c1-14-5-4-6-15(2)19(14)21-17(24)13-22-7-9-23(10-8-22)18(25)11-16(12-20)26-3;;/h4-6,16H,7-13,20H2,1-3H3,(H,21,24);2*1H. The summed E-state index contributed by atoms with van der Waals surface area (Å²) in [5.74, 6) is 0.0340. The van der Waals surface area contributed by atoms with Crippen LogP contribution in [0.25, 0.3) is 0 Å². The van der Waals surface area contributed by atoms with Crippen molar-refractivity contribution in [2.24, 2.45) is 5.73 Å². The van der Waals surface area contributed by atoms with Crippen LogP contribution in [0.5, 0.6) is 0 Å². The molecule has 1 aromatic rings. The van der Waals surface area contributed by atoms with E-state index in [9.17, 15) is 9.59 Å². The molecule has 0 aromatic heterocycles. The van der Waals surface area contributed by atoms with Crippen molar-refractivity contribution in [3.63, 3.8) is 0 Å². The van der Waals surface area contributed by atoms with Crippen LogP contribution in [0.2, 0.25) is 0 Å². The van der Waals surface area contributed by atoms with E-state index < -0.39 is 0 Å². The molecule has 9 heteroatoms. The maximum Gasteiger partial charge on any atom is 0.238 e. The van der Waals surface area contributed by atoms with Gasteiger partial charge >= 0.3 is 0 Å². The maximum atomic E-state index is 12.4. The highest BCUT2D eigenvalue weighted by atomic mass is 35.5. The number of carbonyl (C=O) groups excluding carboxylic acids is 2. The zero-order valence-corrected chi connectivity index (χ0v) is 18.4. The van der Waals surface area contributed by atoms with E-state index >= 15 is 0 Å². The summed E-state index contributed by atoms with van der Waals surface area (Å²) in [7, 11) is 1.57. The smallest absolute Gasteiger partial charge is 0.238 e. The topological polar surface area (TPSA) is 87.9 Å². The third-order valence-corrected chi connectivity index (χ3v) is 4.84. The van der Waals surface area contributed by atoms with E-state index in [1.807, 2.05) is 36.9 Å². The second-order valence-corrected chi connectivity index (χ2v) is 6.77. The second-order valence-electron chi connectivity index (χ2n) is 6.77. The fourth-order valence-corrected chi connectivity index (χ4v) is 3.14. The predicted octanol–water partition coefficient (Wildman–Crippen LogP) is 1.59. The Morgan fingerprint density at radius 3 is 2.21 bits per heavy atom. The highest BCUT2D eigenvalue weighted by Gasteiger charge is 2.24. The van der Waals surface area contributed by atoms with Crippen LogP contribution >= 0.6 is 24.8 Å². The normalized spacial score (nSPS) is 15.2. The molecule has 0 aliphatic carbocycles. The van der Waals surface area contributed by atoms with Crippen LogP contribution in [-0.2, 0) is 14.3 Å². The molecule has 2 amide bonds. The first-order valence-electron chi connectivity index (χ1n) is 9.03. The lowest BCUT2D eigenvalue weighted by molar-refractivity contribution is -0.135. The first kappa shape index (κ1) is 26.6. The molecule has 1 heterocycles. The van der Waals surface area contributed by atoms with E-state index in [1.54, 1.807) is 7.11 Å². The number of piperazine rings is 1. The summed E-state index contributed by atoms with van der Waals surface area (Å²) in [6, 6.07) is 5.96. The Bertz CT molecular complexity index is 613. The zero-order valence-electron chi connectivity index (χ0n) is 16.8. The monoisotopic (exact) mass is 434 g/mol. The number of benzene rings is 1. The third kappa shape index (κ3) is 7.56. The minimum Gasteiger partial charge on any atom is -0.380 e. The second kappa shape index (κ2) is 13.0. The molecule has 1 unspecified atom stereocenters. The molecule has 3 N–H and O–H groups in total. The van der Waals surface area contributed by atoms with E-state index in [2.05, 4.69) is 10.2 Å². The summed E-state index contributed by atoms with van der Waals surface area (Å²) >= 11 is 0. The number of nitrogens with two attached hydrogens (primary N) is 1. The predicted molar refractivity (Wildman–Crippen MR) is 117 cm³/mol. The molecule has 2 rings (SSSR count). The van der Waals surface area contributed by atoms with Gasteiger partial charge in [-0.05, 0) is 25.0 Å². The average molecular weight is 435 g/mol. The van der Waals surface area contributed by atoms with Crippen LogP contribution in [0.4, 0.5) is 5.69 Å². The number of halogens is 2. The number of nitrogens with zero attached hydrogens (tertiary/aromatic N) is 2. The van der Waals surface area contributed by atoms with Gasteiger partial charge in [0.15, 0.2) is 0 Å². The van der Waals surface area contributed by atoms with Crippen LogP contribution in [0.3, 0.4) is 0 Å². The van der Waals surface area contributed by atoms with Crippen molar-refractivity contribution in [2.75, 3.05) is 51.7 Å². The Balaban J connectivity index is 0.00000364. The van der Waals surface area contributed by atoms with Gasteiger partial charge in [-0.3, -0.25) is 14.5 Å². The van der Waals surface area contributed by atoms with Crippen LogP contribution in [-0.4, -0.2) is 74.1 Å². The molecule has 1 atom stereocenters. The molecule has 28 heavy (non-hydrogen) atoms. The molecule has 0 saturated carbocycles. The molecule has 160 valence electrons. The Kier molecular flexibility index (Phi) is 12.3. The zero-order chi connectivity index (χ0) is 19.1. The first-order valence-corrected chi connectivity index (χ1v) is 9.03. The molecule has 1 aliphatic heterocycles. The number of methoxy groups -OCH3 is 1. The number of aryl methyl sites for hydroxylation is 2. The van der Waals surface area contributed by atoms with Gasteiger partial charge in [-0.25, -0.2) is 0 Å². The van der Waals surface area contributed by atoms with Gasteiger partial charge in [-0.1, -0.05) is 18.2 Å². The van der Waals surface area contributed by atoms with Crippen molar-refractivity contribution in [3.05, 3.63) is 29.3 Å². The number of para-hydroxylation sites is 1. The lowest BCUT2D eigenvalue weighted by atomic mass is 10.1. The minimum atomic E-state index is -0.233. The van der Waals surface area contributed by atoms with Crippen molar-refractivity contribution < 1.29 is 14.3 Å². The van der Waals surface area contributed by atoms with Crippen LogP contribution in [0.15, 0.2) is 18.2 Å². The molecule has 7 nitrogen and oxygen atoms in total. The van der Waals surface area contributed by atoms with Gasteiger partial charge in [-0.15, -0.1) is 24.8 Å². The summed E-state index contributed by atoms with van der Waals surface area (Å²) in [6.07, 6.45) is 0.0729. The number of ether oxygens (including phenoxy) is 1. The highest BCUT2D eigenvalue weighted by molar-refractivity contribution is 5.93. The van der Waals surface area contributed by atoms with Gasteiger partial charge in [-0.2, -0.15) is 0 Å². The SMILES string of the molecule is COC(CN)CC(=O)N1CCN(CC(=O)Nc2c(C)cccc2C)CC1.Cl.Cl. The van der Waals surface area contributed by atoms with Gasteiger partial charge in [0.2, 0.25) is 11.8 Å². The summed E-state index contributed by atoms with van der Waals surface area (Å²) in [6.45, 7) is 7.26. The number of hydrogen-bond donors (Lipinski definition) is 2. The average Bonchev–Trinajstić information content (AvgIpc) is 2.63. The van der Waals surface area contributed by atoms with Crippen molar-refractivity contribution >= 4 is 42.3 Å². The van der Waals surface area contributed by atoms with Gasteiger partial charge in [0.1, 0.15) is 0 Å². The number of hydrogen-bond acceptors (Lipinski definition) is 5. The minimum absolute atomic E-state index is 0. The molecule has 0 bridgehead atoms. The van der Waals surface area contributed by atoms with E-state index in [4.69, 9.17) is 10.5 Å². The summed E-state index contributed by atoms with van der Waals surface area (Å²) in [4.78, 5) is 28.5. The Labute approximate surface area is 179 Å². The molecule has 1 saturated heterocycles. The number of anilines is 1. The highest BCUT2D eigenvalue weighted by Crippen LogP contribution is 2.19. The fraction of sp³-hybridized carbons (Fsp3) is 0.579. The molecule has 0 radical (unpaired) electrons. The van der Waals surface area contributed by atoms with Gasteiger partial charge in [0.25, 0.3) is 0 Å². The molecule has 1 aliphatic rings. The molecule has 0 spiro atoms. The number of carbonyl (C=O) groups is 2. The van der Waals surface area contributed by atoms with Crippen molar-refractivity contribution in [3.8, 4) is 0 Å².